The van der Waals surface area contributed by atoms with E-state index in [4.69, 9.17) is 10.1 Å². The van der Waals surface area contributed by atoms with E-state index in [0.29, 0.717) is 17.7 Å². The molecule has 0 amide bonds. The van der Waals surface area contributed by atoms with E-state index in [9.17, 15) is 15.3 Å². The molecule has 0 bridgehead atoms. The lowest BCUT2D eigenvalue weighted by Crippen LogP contribution is -2.33. The van der Waals surface area contributed by atoms with Crippen molar-refractivity contribution >= 4 is 11.2 Å². The highest BCUT2D eigenvalue weighted by atomic mass is 16.6. The van der Waals surface area contributed by atoms with Gasteiger partial charge in [-0.3, -0.25) is 9.98 Å². The molecule has 3 heterocycles. The van der Waals surface area contributed by atoms with E-state index in [2.05, 4.69) is 9.97 Å². The smallest absolute Gasteiger partial charge is 0.167 e. The summed E-state index contributed by atoms with van der Waals surface area (Å²) < 4.78 is 8.67. The largest absolute Gasteiger partial charge is 0.394 e. The lowest BCUT2D eigenvalue weighted by Gasteiger charge is -2.16. The normalized spacial score (nSPS) is 25.8. The number of aliphatic hydroxyl groups is 3. The van der Waals surface area contributed by atoms with E-state index < -0.39 is 31.1 Å². The molecule has 0 spiro atoms. The summed E-state index contributed by atoms with van der Waals surface area (Å²) in [5.41, 5.74) is 1.95. The highest BCUT2D eigenvalue weighted by Crippen LogP contribution is 2.30. The van der Waals surface area contributed by atoms with Gasteiger partial charge in [0, 0.05) is 0 Å². The number of aromatic nitrogens is 4. The molecule has 1 aliphatic heterocycles. The van der Waals surface area contributed by atoms with E-state index in [1.165, 1.54) is 17.2 Å². The minimum absolute atomic E-state index is 0.185. The van der Waals surface area contributed by atoms with E-state index in [1.54, 1.807) is 4.57 Å². The van der Waals surface area contributed by atoms with Crippen LogP contribution in [-0.4, -0.2) is 59.3 Å². The maximum atomic E-state index is 10.2. The number of hydrogen-bond donors (Lipinski definition) is 4. The van der Waals surface area contributed by atoms with Crippen LogP contribution in [-0.2, 0) is 11.3 Å². The van der Waals surface area contributed by atoms with Crippen LogP contribution in [0, 0.1) is 5.41 Å². The van der Waals surface area contributed by atoms with Gasteiger partial charge < -0.3 is 24.6 Å². The molecule has 136 valence electrons. The SMILES string of the molecule is N=c1c2ncn([C@@H]3O[C@H](CO)[C@@H](O)[C@H]3O)c2ncn1Cc1ccccc1. The summed E-state index contributed by atoms with van der Waals surface area (Å²) in [7, 11) is 0. The number of rotatable bonds is 4. The number of fused-ring (bicyclic) bond motifs is 1. The summed E-state index contributed by atoms with van der Waals surface area (Å²) in [5.74, 6) is 0. The summed E-state index contributed by atoms with van der Waals surface area (Å²) >= 11 is 0. The number of imidazole rings is 1. The molecule has 0 unspecified atom stereocenters. The van der Waals surface area contributed by atoms with Crippen molar-refractivity contribution in [2.45, 2.75) is 31.1 Å². The molecule has 1 fully saturated rings. The minimum atomic E-state index is -1.22. The monoisotopic (exact) mass is 357 g/mol. The first-order chi connectivity index (χ1) is 12.6. The molecular weight excluding hydrogens is 338 g/mol. The third kappa shape index (κ3) is 2.71. The van der Waals surface area contributed by atoms with Crippen molar-refractivity contribution in [3.8, 4) is 0 Å². The van der Waals surface area contributed by atoms with Gasteiger partial charge >= 0.3 is 0 Å². The van der Waals surface area contributed by atoms with E-state index in [1.807, 2.05) is 30.3 Å². The molecule has 26 heavy (non-hydrogen) atoms. The molecule has 1 saturated heterocycles. The quantitative estimate of drug-likeness (QED) is 0.492. The number of nitrogens with one attached hydrogen (secondary N) is 1. The molecule has 4 N–H and O–H groups in total. The van der Waals surface area contributed by atoms with Crippen LogP contribution in [0.3, 0.4) is 0 Å². The first kappa shape index (κ1) is 16.9. The second-order valence-corrected chi connectivity index (χ2v) is 6.26. The molecule has 3 aromatic rings. The molecule has 0 aliphatic carbocycles. The Labute approximate surface area is 148 Å². The van der Waals surface area contributed by atoms with E-state index in [0.717, 1.165) is 5.56 Å². The number of ether oxygens (including phenoxy) is 1. The Hall–Kier alpha value is -2.59. The summed E-state index contributed by atoms with van der Waals surface area (Å²) in [6, 6.07) is 9.73. The van der Waals surface area contributed by atoms with Crippen LogP contribution in [0.5, 0.6) is 0 Å². The van der Waals surface area contributed by atoms with Crippen LogP contribution in [0.15, 0.2) is 43.0 Å². The topological polar surface area (TPSA) is 129 Å². The zero-order chi connectivity index (χ0) is 18.3. The summed E-state index contributed by atoms with van der Waals surface area (Å²) in [5, 5.41) is 37.8. The fourth-order valence-electron chi connectivity index (χ4n) is 3.16. The molecule has 4 rings (SSSR count). The summed E-state index contributed by atoms with van der Waals surface area (Å²) in [6.07, 6.45) is -1.28. The predicted octanol–water partition coefficient (Wildman–Crippen LogP) is -0.628. The average molecular weight is 357 g/mol. The molecule has 0 radical (unpaired) electrons. The second-order valence-electron chi connectivity index (χ2n) is 6.26. The Morgan fingerprint density at radius 1 is 1.08 bits per heavy atom. The fraction of sp³-hybridized carbons (Fsp3) is 0.353. The Morgan fingerprint density at radius 2 is 1.85 bits per heavy atom. The standard InChI is InChI=1S/C17H19N5O4/c18-15-12-16(20-8-21(15)6-10-4-2-1-3-5-10)22(9-19-12)17-14(25)13(24)11(7-23)26-17/h1-5,8-9,11,13-14,17-18,23-25H,6-7H2/t11-,13-,14-,17-/m1/s1. The number of hydrogen-bond acceptors (Lipinski definition) is 7. The lowest BCUT2D eigenvalue weighted by atomic mass is 10.1. The van der Waals surface area contributed by atoms with Gasteiger partial charge in [-0.1, -0.05) is 30.3 Å². The average Bonchev–Trinajstić information content (AvgIpc) is 3.20. The Kier molecular flexibility index (Phi) is 4.29. The number of benzene rings is 1. The molecule has 9 heteroatoms. The van der Waals surface area contributed by atoms with Crippen molar-refractivity contribution in [1.82, 2.24) is 19.1 Å². The predicted molar refractivity (Wildman–Crippen MR) is 89.9 cm³/mol. The fourth-order valence-corrected chi connectivity index (χ4v) is 3.16. The molecule has 0 saturated carbocycles. The van der Waals surface area contributed by atoms with Crippen LogP contribution < -0.4 is 5.49 Å². The van der Waals surface area contributed by atoms with Crippen molar-refractivity contribution in [2.24, 2.45) is 0 Å². The van der Waals surface area contributed by atoms with Gasteiger partial charge in [0.25, 0.3) is 0 Å². The van der Waals surface area contributed by atoms with Crippen LogP contribution in [0.4, 0.5) is 0 Å². The number of aliphatic hydroxyl groups excluding tert-OH is 3. The number of nitrogens with zero attached hydrogens (tertiary/aromatic N) is 4. The van der Waals surface area contributed by atoms with Crippen LogP contribution in [0.1, 0.15) is 11.8 Å². The second kappa shape index (κ2) is 6.61. The van der Waals surface area contributed by atoms with Crippen LogP contribution in [0.2, 0.25) is 0 Å². The Balaban J connectivity index is 1.70. The molecule has 1 aliphatic rings. The highest BCUT2D eigenvalue weighted by Gasteiger charge is 2.43. The van der Waals surface area contributed by atoms with Crippen molar-refractivity contribution in [3.05, 3.63) is 54.0 Å². The van der Waals surface area contributed by atoms with Gasteiger partial charge in [0.1, 0.15) is 23.8 Å². The summed E-state index contributed by atoms with van der Waals surface area (Å²) in [6.45, 7) is 0.0822. The zero-order valence-corrected chi connectivity index (χ0v) is 13.8. The molecule has 2 aromatic heterocycles. The Morgan fingerprint density at radius 3 is 2.54 bits per heavy atom. The molecular formula is C17H19N5O4. The van der Waals surface area contributed by atoms with Gasteiger partial charge in [-0.15, -0.1) is 0 Å². The molecule has 9 nitrogen and oxygen atoms in total. The Bertz CT molecular complexity index is 970. The van der Waals surface area contributed by atoms with Crippen LogP contribution >= 0.6 is 0 Å². The third-order valence-electron chi connectivity index (χ3n) is 4.59. The highest BCUT2D eigenvalue weighted by molar-refractivity contribution is 5.68. The maximum absolute atomic E-state index is 10.2. The molecule has 1 aromatic carbocycles. The van der Waals surface area contributed by atoms with Crippen molar-refractivity contribution in [1.29, 1.82) is 5.41 Å². The summed E-state index contributed by atoms with van der Waals surface area (Å²) in [4.78, 5) is 8.59. The first-order valence-corrected chi connectivity index (χ1v) is 8.23. The van der Waals surface area contributed by atoms with Crippen molar-refractivity contribution in [3.63, 3.8) is 0 Å². The van der Waals surface area contributed by atoms with Gasteiger partial charge in [0.05, 0.1) is 25.8 Å². The van der Waals surface area contributed by atoms with Crippen molar-refractivity contribution < 1.29 is 20.1 Å². The van der Waals surface area contributed by atoms with Gasteiger partial charge in [-0.05, 0) is 5.56 Å². The minimum Gasteiger partial charge on any atom is -0.394 e. The van der Waals surface area contributed by atoms with E-state index in [-0.39, 0.29) is 5.49 Å². The van der Waals surface area contributed by atoms with Crippen LogP contribution in [0.25, 0.3) is 11.2 Å². The van der Waals surface area contributed by atoms with E-state index >= 15 is 0 Å². The maximum Gasteiger partial charge on any atom is 0.167 e. The van der Waals surface area contributed by atoms with Crippen molar-refractivity contribution in [2.75, 3.05) is 6.61 Å². The lowest BCUT2D eigenvalue weighted by molar-refractivity contribution is -0.0511. The molecule has 4 atom stereocenters. The van der Waals surface area contributed by atoms with Gasteiger partial charge in [0.15, 0.2) is 17.4 Å². The van der Waals surface area contributed by atoms with Gasteiger partial charge in [-0.25, -0.2) is 9.97 Å². The van der Waals surface area contributed by atoms with Gasteiger partial charge in [-0.2, -0.15) is 0 Å². The third-order valence-corrected chi connectivity index (χ3v) is 4.59. The van der Waals surface area contributed by atoms with Gasteiger partial charge in [0.2, 0.25) is 0 Å². The zero-order valence-electron chi connectivity index (χ0n) is 13.8. The first-order valence-electron chi connectivity index (χ1n) is 8.23.